The lowest BCUT2D eigenvalue weighted by molar-refractivity contribution is -0.134. The summed E-state index contributed by atoms with van der Waals surface area (Å²) < 4.78 is 28.2. The summed E-state index contributed by atoms with van der Waals surface area (Å²) in [6, 6.07) is 0. The van der Waals surface area contributed by atoms with Crippen molar-refractivity contribution in [2.24, 2.45) is 0 Å². The van der Waals surface area contributed by atoms with Gasteiger partial charge in [-0.15, -0.1) is 0 Å². The Morgan fingerprint density at radius 1 is 1.59 bits per heavy atom. The minimum Gasteiger partial charge on any atom is -0.466 e. The van der Waals surface area contributed by atoms with E-state index in [0.717, 1.165) is 5.75 Å². The molecule has 0 spiro atoms. The van der Waals surface area contributed by atoms with Crippen molar-refractivity contribution in [3.05, 3.63) is 12.3 Å². The van der Waals surface area contributed by atoms with Crippen LogP contribution >= 0.6 is 11.8 Å². The van der Waals surface area contributed by atoms with Crippen molar-refractivity contribution in [2.45, 2.75) is 12.3 Å². The average molecular weight is 279 g/mol. The molecule has 0 aromatic carbocycles. The van der Waals surface area contributed by atoms with E-state index in [2.05, 4.69) is 4.74 Å². The summed E-state index contributed by atoms with van der Waals surface area (Å²) in [6.07, 6.45) is 2.78. The highest BCUT2D eigenvalue weighted by Crippen LogP contribution is 2.21. The molecule has 1 saturated heterocycles. The Kier molecular flexibility index (Phi) is 5.32. The van der Waals surface area contributed by atoms with Crippen molar-refractivity contribution in [1.29, 1.82) is 0 Å². The lowest BCUT2D eigenvalue weighted by Crippen LogP contribution is -2.44. The van der Waals surface area contributed by atoms with Gasteiger partial charge in [-0.2, -0.15) is 11.8 Å². The van der Waals surface area contributed by atoms with Crippen molar-refractivity contribution in [2.75, 3.05) is 30.9 Å². The highest BCUT2D eigenvalue weighted by molar-refractivity contribution is 8.01. The van der Waals surface area contributed by atoms with Gasteiger partial charge in [-0.1, -0.05) is 6.92 Å². The Balaban J connectivity index is 2.80. The number of sulfone groups is 1. The first kappa shape index (κ1) is 14.4. The van der Waals surface area contributed by atoms with Gasteiger partial charge < -0.3 is 9.64 Å². The normalized spacial score (nSPS) is 21.8. The second-order valence-electron chi connectivity index (χ2n) is 3.56. The third-order valence-electron chi connectivity index (χ3n) is 2.54. The molecule has 0 saturated carbocycles. The molecular weight excluding hydrogens is 262 g/mol. The highest BCUT2D eigenvalue weighted by atomic mass is 32.2. The van der Waals surface area contributed by atoms with Crippen LogP contribution in [0.25, 0.3) is 0 Å². The largest absolute Gasteiger partial charge is 0.466 e. The van der Waals surface area contributed by atoms with Crippen LogP contribution in [0.1, 0.15) is 6.92 Å². The van der Waals surface area contributed by atoms with Crippen LogP contribution < -0.4 is 0 Å². The Bertz CT molecular complexity index is 391. The van der Waals surface area contributed by atoms with Crippen molar-refractivity contribution in [1.82, 2.24) is 4.90 Å². The van der Waals surface area contributed by atoms with E-state index in [4.69, 9.17) is 0 Å². The van der Waals surface area contributed by atoms with Gasteiger partial charge in [0.1, 0.15) is 5.37 Å². The summed E-state index contributed by atoms with van der Waals surface area (Å²) in [6.45, 7) is 2.26. The maximum absolute atomic E-state index is 11.9. The number of methoxy groups -OCH3 is 1. The van der Waals surface area contributed by atoms with Gasteiger partial charge in [0, 0.05) is 36.1 Å². The number of nitrogens with zero attached hydrogens (tertiary/aromatic N) is 1. The molecule has 1 rings (SSSR count). The smallest absolute Gasteiger partial charge is 0.331 e. The van der Waals surface area contributed by atoms with Gasteiger partial charge in [0.15, 0.2) is 9.84 Å². The van der Waals surface area contributed by atoms with E-state index in [-0.39, 0.29) is 5.75 Å². The van der Waals surface area contributed by atoms with Crippen LogP contribution in [0, 0.1) is 0 Å². The first-order valence-corrected chi connectivity index (χ1v) is 8.19. The molecule has 0 N–H and O–H groups in total. The van der Waals surface area contributed by atoms with E-state index in [1.54, 1.807) is 23.6 Å². The third kappa shape index (κ3) is 3.92. The van der Waals surface area contributed by atoms with E-state index in [0.29, 0.717) is 12.3 Å². The standard InChI is InChI=1S/C10H17NO4S2/c1-3-17(13,14)9-8-16-7-6-11(9)5-4-10(12)15-2/h4-5,9H,3,6-8H2,1-2H3. The summed E-state index contributed by atoms with van der Waals surface area (Å²) in [5, 5.41) is -0.535. The maximum atomic E-state index is 11.9. The van der Waals surface area contributed by atoms with Gasteiger partial charge in [0.25, 0.3) is 0 Å². The summed E-state index contributed by atoms with van der Waals surface area (Å²) in [5.41, 5.74) is 0. The molecule has 5 nitrogen and oxygen atoms in total. The molecule has 7 heteroatoms. The van der Waals surface area contributed by atoms with Crippen molar-refractivity contribution in [3.63, 3.8) is 0 Å². The fourth-order valence-corrected chi connectivity index (χ4v) is 4.48. The van der Waals surface area contributed by atoms with Crippen LogP contribution in [-0.2, 0) is 19.4 Å². The summed E-state index contributed by atoms with van der Waals surface area (Å²) in [5.74, 6) is 1.04. The van der Waals surface area contributed by atoms with Crippen LogP contribution in [0.3, 0.4) is 0 Å². The molecule has 1 heterocycles. The Hall–Kier alpha value is -0.690. The number of carbonyl (C=O) groups is 1. The van der Waals surface area contributed by atoms with Crippen LogP contribution in [0.15, 0.2) is 12.3 Å². The fraction of sp³-hybridized carbons (Fsp3) is 0.700. The Labute approximate surface area is 106 Å². The van der Waals surface area contributed by atoms with E-state index in [9.17, 15) is 13.2 Å². The molecule has 17 heavy (non-hydrogen) atoms. The van der Waals surface area contributed by atoms with Gasteiger partial charge in [-0.05, 0) is 0 Å². The minimum absolute atomic E-state index is 0.112. The SMILES string of the molecule is CCS(=O)(=O)C1CSCCN1C=CC(=O)OC. The molecule has 0 bridgehead atoms. The first-order chi connectivity index (χ1) is 8.01. The highest BCUT2D eigenvalue weighted by Gasteiger charge is 2.30. The lowest BCUT2D eigenvalue weighted by Gasteiger charge is -2.33. The molecule has 0 aliphatic carbocycles. The predicted octanol–water partition coefficient (Wildman–Crippen LogP) is 0.483. The Morgan fingerprint density at radius 2 is 2.29 bits per heavy atom. The summed E-state index contributed by atoms with van der Waals surface area (Å²) >= 11 is 1.62. The van der Waals surface area contributed by atoms with Crippen molar-refractivity contribution < 1.29 is 17.9 Å². The topological polar surface area (TPSA) is 63.7 Å². The van der Waals surface area contributed by atoms with Crippen LogP contribution in [0.4, 0.5) is 0 Å². The molecule has 1 aliphatic rings. The zero-order valence-corrected chi connectivity index (χ0v) is 11.6. The third-order valence-corrected chi connectivity index (χ3v) is 5.85. The minimum atomic E-state index is -3.12. The molecule has 1 fully saturated rings. The second-order valence-corrected chi connectivity index (χ2v) is 7.15. The number of rotatable bonds is 4. The number of thioether (sulfide) groups is 1. The molecular formula is C10H17NO4S2. The molecule has 0 aromatic rings. The maximum Gasteiger partial charge on any atom is 0.331 e. The molecule has 1 aliphatic heterocycles. The van der Waals surface area contributed by atoms with Crippen LogP contribution in [0.5, 0.6) is 0 Å². The van der Waals surface area contributed by atoms with Crippen LogP contribution in [-0.4, -0.2) is 55.6 Å². The van der Waals surface area contributed by atoms with Gasteiger partial charge >= 0.3 is 5.97 Å². The number of hydrogen-bond donors (Lipinski definition) is 0. The zero-order chi connectivity index (χ0) is 12.9. The van der Waals surface area contributed by atoms with Gasteiger partial charge in [-0.25, -0.2) is 13.2 Å². The second kappa shape index (κ2) is 6.30. The monoisotopic (exact) mass is 279 g/mol. The number of carbonyl (C=O) groups excluding carboxylic acids is 1. The molecule has 98 valence electrons. The predicted molar refractivity (Wildman–Crippen MR) is 68.4 cm³/mol. The number of esters is 1. The molecule has 0 aromatic heterocycles. The van der Waals surface area contributed by atoms with Gasteiger partial charge in [-0.3, -0.25) is 0 Å². The average Bonchev–Trinajstić information content (AvgIpc) is 2.36. The van der Waals surface area contributed by atoms with E-state index in [1.165, 1.54) is 19.4 Å². The summed E-state index contributed by atoms with van der Waals surface area (Å²) in [4.78, 5) is 12.7. The van der Waals surface area contributed by atoms with E-state index < -0.39 is 21.2 Å². The first-order valence-electron chi connectivity index (χ1n) is 5.32. The molecule has 1 atom stereocenters. The van der Waals surface area contributed by atoms with Gasteiger partial charge in [0.2, 0.25) is 0 Å². The molecule has 1 unspecified atom stereocenters. The fourth-order valence-electron chi connectivity index (χ4n) is 1.49. The quantitative estimate of drug-likeness (QED) is 0.551. The van der Waals surface area contributed by atoms with Crippen LogP contribution in [0.2, 0.25) is 0 Å². The number of hydrogen-bond acceptors (Lipinski definition) is 6. The molecule has 0 radical (unpaired) electrons. The van der Waals surface area contributed by atoms with Gasteiger partial charge in [0.05, 0.1) is 7.11 Å². The zero-order valence-electron chi connectivity index (χ0n) is 9.96. The lowest BCUT2D eigenvalue weighted by atomic mass is 10.5. The van der Waals surface area contributed by atoms with Crippen molar-refractivity contribution >= 4 is 27.6 Å². The Morgan fingerprint density at radius 3 is 2.88 bits per heavy atom. The molecule has 0 amide bonds. The summed E-state index contributed by atoms with van der Waals surface area (Å²) in [7, 11) is -1.83. The number of ether oxygens (including phenoxy) is 1. The van der Waals surface area contributed by atoms with E-state index >= 15 is 0 Å². The van der Waals surface area contributed by atoms with E-state index in [1.807, 2.05) is 0 Å². The van der Waals surface area contributed by atoms with Crippen molar-refractivity contribution in [3.8, 4) is 0 Å².